The van der Waals surface area contributed by atoms with E-state index in [1.807, 2.05) is 36.4 Å². The van der Waals surface area contributed by atoms with Gasteiger partial charge in [-0.25, -0.2) is 0 Å². The molecule has 0 spiro atoms. The van der Waals surface area contributed by atoms with Gasteiger partial charge in [-0.2, -0.15) is 0 Å². The van der Waals surface area contributed by atoms with Crippen molar-refractivity contribution in [1.82, 2.24) is 0 Å². The summed E-state index contributed by atoms with van der Waals surface area (Å²) in [6.07, 6.45) is 0. The summed E-state index contributed by atoms with van der Waals surface area (Å²) in [5.74, 6) is 1.65. The van der Waals surface area contributed by atoms with Gasteiger partial charge in [0.25, 0.3) is 0 Å². The van der Waals surface area contributed by atoms with E-state index in [4.69, 9.17) is 10.5 Å². The van der Waals surface area contributed by atoms with Crippen LogP contribution in [-0.2, 0) is 0 Å². The molecule has 0 saturated carbocycles. The molecule has 0 bridgehead atoms. The molecule has 0 amide bonds. The number of nitrogens with two attached hydrogens (primary N) is 1. The average Bonchev–Trinajstić information content (AvgIpc) is 2.35. The second-order valence-corrected chi connectivity index (χ2v) is 6.91. The van der Waals surface area contributed by atoms with Crippen molar-refractivity contribution in [3.63, 3.8) is 0 Å². The molecule has 3 nitrogen and oxygen atoms in total. The number of hydrogen-bond acceptors (Lipinski definition) is 3. The summed E-state index contributed by atoms with van der Waals surface area (Å²) in [5.41, 5.74) is 7.55. The normalized spacial score (nSPS) is 10.8. The Labute approximate surface area is 106 Å². The van der Waals surface area contributed by atoms with Crippen LogP contribution in [0.25, 0.3) is 0 Å². The average molecular weight is 260 g/mol. The summed E-state index contributed by atoms with van der Waals surface area (Å²) < 4.78 is 5.70. The molecule has 0 saturated heterocycles. The van der Waals surface area contributed by atoms with Crippen molar-refractivity contribution in [1.29, 1.82) is 0 Å². The third kappa shape index (κ3) is 3.37. The lowest BCUT2D eigenvalue weighted by atomic mass is 10.3. The topological polar surface area (TPSA) is 47.3 Å². The van der Waals surface area contributed by atoms with Crippen molar-refractivity contribution < 1.29 is 4.74 Å². The van der Waals surface area contributed by atoms with Crippen molar-refractivity contribution in [3.05, 3.63) is 48.5 Å². The highest BCUT2D eigenvalue weighted by Gasteiger charge is 1.97. The van der Waals surface area contributed by atoms with Gasteiger partial charge in [0, 0.05) is 21.1 Å². The van der Waals surface area contributed by atoms with E-state index >= 15 is 0 Å². The zero-order chi connectivity index (χ0) is 12.1. The minimum Gasteiger partial charge on any atom is -0.457 e. The highest BCUT2D eigenvalue weighted by molar-refractivity contribution is 6.91. The highest BCUT2D eigenvalue weighted by atomic mass is 29.1. The van der Waals surface area contributed by atoms with Crippen molar-refractivity contribution in [3.8, 4) is 11.5 Å². The summed E-state index contributed by atoms with van der Waals surface area (Å²) in [6, 6.07) is 15.5. The minimum atomic E-state index is -0.0239. The number of benzene rings is 2. The maximum absolute atomic E-state index is 5.70. The molecule has 3 N–H and O–H groups in total. The van der Waals surface area contributed by atoms with Crippen molar-refractivity contribution in [2.75, 3.05) is 10.7 Å². The number of rotatable bonds is 4. The summed E-state index contributed by atoms with van der Waals surface area (Å²) in [5, 5.41) is 0. The van der Waals surface area contributed by atoms with Gasteiger partial charge in [0.2, 0.25) is 0 Å². The van der Waals surface area contributed by atoms with Crippen LogP contribution in [0.2, 0.25) is 0 Å². The van der Waals surface area contributed by atoms with E-state index in [1.54, 1.807) is 0 Å². The first-order valence-corrected chi connectivity index (χ1v) is 12.0. The van der Waals surface area contributed by atoms with Crippen LogP contribution in [0.3, 0.4) is 0 Å². The van der Waals surface area contributed by atoms with Crippen molar-refractivity contribution >= 4 is 30.3 Å². The lowest BCUT2D eigenvalue weighted by Crippen LogP contribution is -2.04. The lowest BCUT2D eigenvalue weighted by Gasteiger charge is -2.07. The van der Waals surface area contributed by atoms with E-state index in [1.165, 1.54) is 15.4 Å². The molecule has 0 aromatic heterocycles. The van der Waals surface area contributed by atoms with Gasteiger partial charge in [-0.05, 0) is 48.5 Å². The quantitative estimate of drug-likeness (QED) is 0.632. The van der Waals surface area contributed by atoms with Crippen LogP contribution in [0.4, 0.5) is 11.4 Å². The molecule has 0 fully saturated rings. The fourth-order valence-corrected chi connectivity index (χ4v) is 3.39. The molecule has 2 aromatic carbocycles. The Morgan fingerprint density at radius 3 is 2.00 bits per heavy atom. The molecule has 2 aromatic rings. The van der Waals surface area contributed by atoms with E-state index in [9.17, 15) is 0 Å². The molecule has 0 aliphatic rings. The van der Waals surface area contributed by atoms with Gasteiger partial charge in [-0.3, -0.25) is 0 Å². The first kappa shape index (κ1) is 11.8. The van der Waals surface area contributed by atoms with E-state index < -0.39 is 0 Å². The second kappa shape index (κ2) is 5.56. The van der Waals surface area contributed by atoms with Gasteiger partial charge in [0.1, 0.15) is 11.5 Å². The van der Waals surface area contributed by atoms with Crippen LogP contribution in [0.5, 0.6) is 11.5 Å². The summed E-state index contributed by atoms with van der Waals surface area (Å²) in [7, 11) is 1.26. The van der Waals surface area contributed by atoms with Crippen LogP contribution in [0.15, 0.2) is 48.5 Å². The van der Waals surface area contributed by atoms with Gasteiger partial charge in [0.15, 0.2) is 0 Å². The third-order valence-corrected chi connectivity index (χ3v) is 4.17. The number of ether oxygens (including phenoxy) is 1. The Bertz CT molecular complexity index is 471. The van der Waals surface area contributed by atoms with Crippen LogP contribution >= 0.6 is 0 Å². The number of anilines is 2. The minimum absolute atomic E-state index is 0.0239. The Morgan fingerprint density at radius 1 is 0.941 bits per heavy atom. The highest BCUT2D eigenvalue weighted by Crippen LogP contribution is 2.23. The van der Waals surface area contributed by atoms with E-state index in [0.29, 0.717) is 0 Å². The molecule has 0 unspecified atom stereocenters. The monoisotopic (exact) mass is 260 g/mol. The first-order valence-electron chi connectivity index (χ1n) is 5.65. The smallest absolute Gasteiger partial charge is 0.127 e. The molecule has 0 radical (unpaired) electrons. The molecule has 5 heteroatoms. The second-order valence-electron chi connectivity index (χ2n) is 3.73. The number of nitrogens with one attached hydrogen (secondary N) is 1. The maximum Gasteiger partial charge on any atom is 0.127 e. The van der Waals surface area contributed by atoms with Gasteiger partial charge >= 0.3 is 0 Å². The SMILES string of the molecule is Nc1ccc(Oc2ccc(N[SiH2][SiH3])cc2)cc1. The lowest BCUT2D eigenvalue weighted by molar-refractivity contribution is 0.483. The Kier molecular flexibility index (Phi) is 3.84. The molecule has 0 aliphatic carbocycles. The van der Waals surface area contributed by atoms with Gasteiger partial charge < -0.3 is 15.5 Å². The number of nitrogen functional groups attached to an aromatic ring is 1. The largest absolute Gasteiger partial charge is 0.457 e. The molecule has 17 heavy (non-hydrogen) atoms. The summed E-state index contributed by atoms with van der Waals surface area (Å²) in [4.78, 5) is 3.43. The zero-order valence-electron chi connectivity index (χ0n) is 9.81. The van der Waals surface area contributed by atoms with Crippen molar-refractivity contribution in [2.45, 2.75) is 0 Å². The third-order valence-electron chi connectivity index (χ3n) is 2.35. The molecule has 2 rings (SSSR count). The van der Waals surface area contributed by atoms with Crippen LogP contribution in [0.1, 0.15) is 0 Å². The van der Waals surface area contributed by atoms with Crippen LogP contribution in [-0.4, -0.2) is 19.0 Å². The molecule has 0 atom stereocenters. The summed E-state index contributed by atoms with van der Waals surface area (Å²) in [6.45, 7) is 0. The van der Waals surface area contributed by atoms with Crippen LogP contribution < -0.4 is 15.5 Å². The van der Waals surface area contributed by atoms with E-state index in [0.717, 1.165) is 17.2 Å². The Hall–Kier alpha value is -1.73. The fraction of sp³-hybridized carbons (Fsp3) is 0. The zero-order valence-corrected chi connectivity index (χ0v) is 13.2. The number of hydrogen-bond donors (Lipinski definition) is 2. The van der Waals surface area contributed by atoms with Gasteiger partial charge in [-0.15, -0.1) is 0 Å². The van der Waals surface area contributed by atoms with E-state index in [-0.39, 0.29) is 9.20 Å². The Morgan fingerprint density at radius 2 is 1.47 bits per heavy atom. The fourth-order valence-electron chi connectivity index (χ4n) is 1.52. The maximum atomic E-state index is 5.70. The molecule has 88 valence electrons. The van der Waals surface area contributed by atoms with Gasteiger partial charge in [0.05, 0.1) is 9.20 Å². The molecular weight excluding hydrogens is 244 g/mol. The molecule has 0 aliphatic heterocycles. The standard InChI is InChI=1S/C12H16N2OSi2/c13-9-1-5-11(6-2-9)15-12-7-3-10(4-8-12)14-17-16/h1-8,14H,13,17H2,16H3. The van der Waals surface area contributed by atoms with E-state index in [2.05, 4.69) is 17.1 Å². The van der Waals surface area contributed by atoms with Crippen LogP contribution in [0, 0.1) is 0 Å². The molecule has 0 heterocycles. The first-order chi connectivity index (χ1) is 8.28. The Balaban J connectivity index is 2.05. The van der Waals surface area contributed by atoms with Gasteiger partial charge in [-0.1, -0.05) is 0 Å². The predicted molar refractivity (Wildman–Crippen MR) is 79.5 cm³/mol. The van der Waals surface area contributed by atoms with Crippen molar-refractivity contribution in [2.24, 2.45) is 0 Å². The predicted octanol–water partition coefficient (Wildman–Crippen LogP) is 0.837. The molecular formula is C12H16N2OSi2. The summed E-state index contributed by atoms with van der Waals surface area (Å²) >= 11 is 0.